The summed E-state index contributed by atoms with van der Waals surface area (Å²) in [6, 6.07) is 5.64. The summed E-state index contributed by atoms with van der Waals surface area (Å²) in [4.78, 5) is 6.83. The largest absolute Gasteiger partial charge is 0.326 e. The molecule has 3 heteroatoms. The summed E-state index contributed by atoms with van der Waals surface area (Å²) < 4.78 is 0. The van der Waals surface area contributed by atoms with E-state index in [1.54, 1.807) is 0 Å². The van der Waals surface area contributed by atoms with Crippen LogP contribution in [0.4, 0.5) is 0 Å². The van der Waals surface area contributed by atoms with E-state index in [1.807, 2.05) is 18.5 Å². The molecule has 0 aromatic carbocycles. The van der Waals surface area contributed by atoms with Gasteiger partial charge < -0.3 is 5.73 Å². The van der Waals surface area contributed by atoms with E-state index < -0.39 is 0 Å². The third kappa shape index (κ3) is 1.85. The van der Waals surface area contributed by atoms with Crippen molar-refractivity contribution in [3.8, 4) is 0 Å². The lowest BCUT2D eigenvalue weighted by atomic mass is 9.91. The lowest BCUT2D eigenvalue weighted by Crippen LogP contribution is -2.46. The Labute approximate surface area is 96.7 Å². The van der Waals surface area contributed by atoms with Crippen LogP contribution in [-0.2, 0) is 0 Å². The zero-order valence-electron chi connectivity index (χ0n) is 9.55. The highest BCUT2D eigenvalue weighted by Crippen LogP contribution is 2.38. The molecule has 2 unspecified atom stereocenters. The van der Waals surface area contributed by atoms with Crippen molar-refractivity contribution < 1.29 is 0 Å². The van der Waals surface area contributed by atoms with E-state index >= 15 is 0 Å². The molecule has 0 spiro atoms. The third-order valence-electron chi connectivity index (χ3n) is 3.76. The quantitative estimate of drug-likeness (QED) is 0.820. The van der Waals surface area contributed by atoms with Gasteiger partial charge in [-0.2, -0.15) is 0 Å². The minimum absolute atomic E-state index is 0.276. The average molecular weight is 217 g/mol. The van der Waals surface area contributed by atoms with Gasteiger partial charge in [-0.3, -0.25) is 9.88 Å². The molecule has 16 heavy (non-hydrogen) atoms. The summed E-state index contributed by atoms with van der Waals surface area (Å²) in [5, 5.41) is 0. The predicted molar refractivity (Wildman–Crippen MR) is 63.9 cm³/mol. The summed E-state index contributed by atoms with van der Waals surface area (Å²) in [5.74, 6) is 0. The smallest absolute Gasteiger partial charge is 0.0517 e. The van der Waals surface area contributed by atoms with Gasteiger partial charge in [-0.05, 0) is 43.9 Å². The van der Waals surface area contributed by atoms with Crippen LogP contribution in [0.1, 0.15) is 37.3 Å². The monoisotopic (exact) mass is 217 g/mol. The van der Waals surface area contributed by atoms with Crippen LogP contribution in [0.15, 0.2) is 24.5 Å². The van der Waals surface area contributed by atoms with Gasteiger partial charge >= 0.3 is 0 Å². The highest BCUT2D eigenvalue weighted by atomic mass is 15.2. The SMILES string of the molecule is NC1CCCN(C2CC2)C1c1cccnc1. The normalized spacial score (nSPS) is 31.6. The number of hydrogen-bond donors (Lipinski definition) is 1. The molecule has 2 atom stereocenters. The van der Waals surface area contributed by atoms with Gasteiger partial charge in [-0.1, -0.05) is 6.07 Å². The van der Waals surface area contributed by atoms with Crippen molar-refractivity contribution in [1.29, 1.82) is 0 Å². The second-order valence-electron chi connectivity index (χ2n) is 5.01. The summed E-state index contributed by atoms with van der Waals surface area (Å²) in [7, 11) is 0. The van der Waals surface area contributed by atoms with Crippen molar-refractivity contribution >= 4 is 0 Å². The first-order chi connectivity index (χ1) is 7.86. The molecule has 1 saturated heterocycles. The van der Waals surface area contributed by atoms with Gasteiger partial charge in [0.1, 0.15) is 0 Å². The molecule has 0 bridgehead atoms. The maximum atomic E-state index is 6.30. The first-order valence-corrected chi connectivity index (χ1v) is 6.27. The molecule has 1 aliphatic heterocycles. The van der Waals surface area contributed by atoms with E-state index in [2.05, 4.69) is 16.0 Å². The molecule has 1 saturated carbocycles. The number of piperidine rings is 1. The molecule has 2 fully saturated rings. The Hall–Kier alpha value is -0.930. The average Bonchev–Trinajstić information content (AvgIpc) is 3.14. The molecule has 2 heterocycles. The number of nitrogens with two attached hydrogens (primary N) is 1. The van der Waals surface area contributed by atoms with Crippen LogP contribution in [0.25, 0.3) is 0 Å². The molecule has 2 N–H and O–H groups in total. The number of pyridine rings is 1. The van der Waals surface area contributed by atoms with Crippen molar-refractivity contribution in [3.05, 3.63) is 30.1 Å². The van der Waals surface area contributed by atoms with Crippen molar-refractivity contribution in [2.45, 2.75) is 43.8 Å². The van der Waals surface area contributed by atoms with E-state index in [9.17, 15) is 0 Å². The Morgan fingerprint density at radius 2 is 2.19 bits per heavy atom. The minimum Gasteiger partial charge on any atom is -0.326 e. The highest BCUT2D eigenvalue weighted by Gasteiger charge is 2.39. The molecule has 1 aromatic rings. The van der Waals surface area contributed by atoms with Crippen molar-refractivity contribution in [1.82, 2.24) is 9.88 Å². The third-order valence-corrected chi connectivity index (χ3v) is 3.76. The first kappa shape index (κ1) is 10.2. The number of rotatable bonds is 2. The van der Waals surface area contributed by atoms with Crippen LogP contribution in [-0.4, -0.2) is 28.5 Å². The maximum absolute atomic E-state index is 6.30. The molecule has 86 valence electrons. The van der Waals surface area contributed by atoms with Crippen molar-refractivity contribution in [3.63, 3.8) is 0 Å². The van der Waals surface area contributed by atoms with Crippen LogP contribution < -0.4 is 5.73 Å². The van der Waals surface area contributed by atoms with Crippen LogP contribution in [0.3, 0.4) is 0 Å². The summed E-state index contributed by atoms with van der Waals surface area (Å²) in [5.41, 5.74) is 7.59. The molecule has 1 aromatic heterocycles. The van der Waals surface area contributed by atoms with E-state index in [4.69, 9.17) is 5.73 Å². The fourth-order valence-electron chi connectivity index (χ4n) is 2.86. The molecule has 0 radical (unpaired) electrons. The van der Waals surface area contributed by atoms with Crippen LogP contribution in [0.5, 0.6) is 0 Å². The van der Waals surface area contributed by atoms with Crippen LogP contribution in [0.2, 0.25) is 0 Å². The van der Waals surface area contributed by atoms with Gasteiger partial charge in [0.2, 0.25) is 0 Å². The van der Waals surface area contributed by atoms with Gasteiger partial charge in [0.15, 0.2) is 0 Å². The van der Waals surface area contributed by atoms with Gasteiger partial charge in [0.05, 0.1) is 6.04 Å². The number of hydrogen-bond acceptors (Lipinski definition) is 3. The zero-order valence-corrected chi connectivity index (χ0v) is 9.55. The van der Waals surface area contributed by atoms with Crippen molar-refractivity contribution in [2.75, 3.05) is 6.54 Å². The fourth-order valence-corrected chi connectivity index (χ4v) is 2.86. The number of aromatic nitrogens is 1. The molecule has 2 aliphatic rings. The Morgan fingerprint density at radius 3 is 2.88 bits per heavy atom. The van der Waals surface area contributed by atoms with E-state index in [0.717, 1.165) is 12.5 Å². The molecule has 3 rings (SSSR count). The lowest BCUT2D eigenvalue weighted by Gasteiger charge is -2.40. The van der Waals surface area contributed by atoms with Gasteiger partial charge in [-0.25, -0.2) is 0 Å². The van der Waals surface area contributed by atoms with Crippen molar-refractivity contribution in [2.24, 2.45) is 5.73 Å². The van der Waals surface area contributed by atoms with Gasteiger partial charge in [-0.15, -0.1) is 0 Å². The first-order valence-electron chi connectivity index (χ1n) is 6.27. The summed E-state index contributed by atoms with van der Waals surface area (Å²) in [6.07, 6.45) is 8.90. The standard InChI is InChI=1S/C13H19N3/c14-12-4-2-8-16(11-5-6-11)13(12)10-3-1-7-15-9-10/h1,3,7,9,11-13H,2,4-6,8,14H2. The Balaban J connectivity index is 1.88. The number of likely N-dealkylation sites (tertiary alicyclic amines) is 1. The van der Waals surface area contributed by atoms with E-state index in [0.29, 0.717) is 6.04 Å². The Kier molecular flexibility index (Phi) is 2.65. The van der Waals surface area contributed by atoms with Gasteiger partial charge in [0.25, 0.3) is 0 Å². The topological polar surface area (TPSA) is 42.1 Å². The molecule has 3 nitrogen and oxygen atoms in total. The van der Waals surface area contributed by atoms with Crippen LogP contribution in [0, 0.1) is 0 Å². The summed E-state index contributed by atoms with van der Waals surface area (Å²) in [6.45, 7) is 1.21. The molecular formula is C13H19N3. The molecular weight excluding hydrogens is 198 g/mol. The molecule has 1 aliphatic carbocycles. The predicted octanol–water partition coefficient (Wildman–Crippen LogP) is 1.71. The second-order valence-corrected chi connectivity index (χ2v) is 5.01. The highest BCUT2D eigenvalue weighted by molar-refractivity contribution is 5.18. The lowest BCUT2D eigenvalue weighted by molar-refractivity contribution is 0.119. The van der Waals surface area contributed by atoms with E-state index in [-0.39, 0.29) is 6.04 Å². The zero-order chi connectivity index (χ0) is 11.0. The Morgan fingerprint density at radius 1 is 1.31 bits per heavy atom. The van der Waals surface area contributed by atoms with Gasteiger partial charge in [0, 0.05) is 24.5 Å². The summed E-state index contributed by atoms with van der Waals surface area (Å²) >= 11 is 0. The van der Waals surface area contributed by atoms with Crippen LogP contribution >= 0.6 is 0 Å². The van der Waals surface area contributed by atoms with E-state index in [1.165, 1.54) is 31.4 Å². The Bertz CT molecular complexity index is 347. The second kappa shape index (κ2) is 4.15. The number of nitrogens with zero attached hydrogens (tertiary/aromatic N) is 2. The maximum Gasteiger partial charge on any atom is 0.0517 e. The minimum atomic E-state index is 0.276. The fraction of sp³-hybridized carbons (Fsp3) is 0.615. The molecule has 0 amide bonds.